The van der Waals surface area contributed by atoms with Crippen molar-refractivity contribution in [2.45, 2.75) is 38.1 Å². The molecule has 1 aliphatic carbocycles. The molecule has 0 unspecified atom stereocenters. The molecule has 0 bridgehead atoms. The lowest BCUT2D eigenvalue weighted by Gasteiger charge is -2.24. The Morgan fingerprint density at radius 1 is 1.11 bits per heavy atom. The number of hydrogen-bond donors (Lipinski definition) is 1. The van der Waals surface area contributed by atoms with E-state index in [9.17, 15) is 0 Å². The largest absolute Gasteiger partial charge is 0.381 e. The van der Waals surface area contributed by atoms with Crippen molar-refractivity contribution in [3.63, 3.8) is 0 Å². The lowest BCUT2D eigenvalue weighted by molar-refractivity contribution is 0.462. The summed E-state index contributed by atoms with van der Waals surface area (Å²) in [4.78, 5) is 0. The number of nitrogens with zero attached hydrogens (tertiary/aromatic N) is 4. The summed E-state index contributed by atoms with van der Waals surface area (Å²) < 4.78 is 1.70. The van der Waals surface area contributed by atoms with E-state index in [2.05, 4.69) is 26.9 Å². The van der Waals surface area contributed by atoms with Gasteiger partial charge in [0, 0.05) is 6.04 Å². The van der Waals surface area contributed by atoms with E-state index in [0.29, 0.717) is 6.04 Å². The summed E-state index contributed by atoms with van der Waals surface area (Å²) in [7, 11) is 0. The molecule has 1 N–H and O–H groups in total. The maximum Gasteiger partial charge on any atom is 0.143 e. The molecule has 1 aromatic heterocycles. The van der Waals surface area contributed by atoms with Crippen LogP contribution in [0.2, 0.25) is 0 Å². The van der Waals surface area contributed by atoms with Crippen LogP contribution >= 0.6 is 0 Å². The van der Waals surface area contributed by atoms with Crippen LogP contribution in [-0.2, 0) is 0 Å². The van der Waals surface area contributed by atoms with E-state index in [1.165, 1.54) is 32.1 Å². The Balaban J connectivity index is 1.83. The third kappa shape index (κ3) is 2.34. The predicted molar refractivity (Wildman–Crippen MR) is 69.6 cm³/mol. The average molecular weight is 243 g/mol. The van der Waals surface area contributed by atoms with Gasteiger partial charge in [-0.25, -0.2) is 0 Å². The molecule has 3 rings (SSSR count). The Bertz CT molecular complexity index is 488. The van der Waals surface area contributed by atoms with Crippen molar-refractivity contribution in [1.29, 1.82) is 0 Å². The number of para-hydroxylation sites is 2. The Hall–Kier alpha value is -1.91. The second-order valence-electron chi connectivity index (χ2n) is 4.75. The number of aromatic nitrogens is 4. The van der Waals surface area contributed by atoms with E-state index in [1.807, 2.05) is 18.2 Å². The van der Waals surface area contributed by atoms with E-state index >= 15 is 0 Å². The van der Waals surface area contributed by atoms with Gasteiger partial charge in [0.1, 0.15) is 6.33 Å². The second kappa shape index (κ2) is 5.16. The van der Waals surface area contributed by atoms with Crippen molar-refractivity contribution in [1.82, 2.24) is 20.2 Å². The smallest absolute Gasteiger partial charge is 0.143 e. The van der Waals surface area contributed by atoms with Crippen LogP contribution in [0.15, 0.2) is 30.6 Å². The second-order valence-corrected chi connectivity index (χ2v) is 4.75. The fourth-order valence-corrected chi connectivity index (χ4v) is 2.53. The summed E-state index contributed by atoms with van der Waals surface area (Å²) in [5.41, 5.74) is 2.12. The fraction of sp³-hybridized carbons (Fsp3) is 0.462. The summed E-state index contributed by atoms with van der Waals surface area (Å²) >= 11 is 0. The van der Waals surface area contributed by atoms with Gasteiger partial charge in [0.2, 0.25) is 0 Å². The zero-order chi connectivity index (χ0) is 12.2. The Kier molecular flexibility index (Phi) is 3.21. The van der Waals surface area contributed by atoms with Crippen molar-refractivity contribution in [2.24, 2.45) is 0 Å². The minimum Gasteiger partial charge on any atom is -0.381 e. The molecule has 1 aliphatic rings. The molecule has 1 saturated carbocycles. The molecular weight excluding hydrogens is 226 g/mol. The molecule has 0 amide bonds. The van der Waals surface area contributed by atoms with E-state index in [1.54, 1.807) is 11.0 Å². The van der Waals surface area contributed by atoms with Crippen LogP contribution in [0.5, 0.6) is 0 Å². The first-order valence-corrected chi connectivity index (χ1v) is 6.52. The average Bonchev–Trinajstić information content (AvgIpc) is 2.94. The number of rotatable bonds is 3. The number of hydrogen-bond acceptors (Lipinski definition) is 4. The molecule has 18 heavy (non-hydrogen) atoms. The van der Waals surface area contributed by atoms with Crippen molar-refractivity contribution >= 4 is 5.69 Å². The molecule has 1 fully saturated rings. The molecular formula is C13H17N5. The van der Waals surface area contributed by atoms with Crippen LogP contribution in [0, 0.1) is 0 Å². The number of tetrazole rings is 1. The molecule has 0 aliphatic heterocycles. The van der Waals surface area contributed by atoms with E-state index in [0.717, 1.165) is 11.4 Å². The molecule has 0 spiro atoms. The molecule has 0 saturated heterocycles. The number of nitrogens with one attached hydrogen (secondary N) is 1. The minimum atomic E-state index is 0.580. The van der Waals surface area contributed by atoms with Gasteiger partial charge in [-0.1, -0.05) is 31.4 Å². The topological polar surface area (TPSA) is 55.6 Å². The Morgan fingerprint density at radius 3 is 2.72 bits per heavy atom. The maximum atomic E-state index is 3.96. The highest BCUT2D eigenvalue weighted by Crippen LogP contribution is 2.25. The predicted octanol–water partition coefficient (Wildman–Crippen LogP) is 2.41. The zero-order valence-corrected chi connectivity index (χ0v) is 10.3. The highest BCUT2D eigenvalue weighted by molar-refractivity contribution is 5.60. The summed E-state index contributed by atoms with van der Waals surface area (Å²) in [5, 5.41) is 15.0. The van der Waals surface area contributed by atoms with Crippen LogP contribution in [0.3, 0.4) is 0 Å². The molecule has 0 atom stereocenters. The molecule has 5 heteroatoms. The summed E-state index contributed by atoms with van der Waals surface area (Å²) in [5.74, 6) is 0. The van der Waals surface area contributed by atoms with Gasteiger partial charge in [-0.2, -0.15) is 4.68 Å². The minimum absolute atomic E-state index is 0.580. The van der Waals surface area contributed by atoms with Crippen LogP contribution in [0.25, 0.3) is 5.69 Å². The zero-order valence-electron chi connectivity index (χ0n) is 10.3. The van der Waals surface area contributed by atoms with Crippen molar-refractivity contribution in [3.05, 3.63) is 30.6 Å². The van der Waals surface area contributed by atoms with Gasteiger partial charge in [-0.15, -0.1) is 5.10 Å². The summed E-state index contributed by atoms with van der Waals surface area (Å²) in [6.45, 7) is 0. The first-order chi connectivity index (χ1) is 8.93. The van der Waals surface area contributed by atoms with E-state index in [4.69, 9.17) is 0 Å². The van der Waals surface area contributed by atoms with E-state index in [-0.39, 0.29) is 0 Å². The first kappa shape index (κ1) is 11.2. The number of benzene rings is 1. The fourth-order valence-electron chi connectivity index (χ4n) is 2.53. The van der Waals surface area contributed by atoms with Crippen LogP contribution in [0.1, 0.15) is 32.1 Å². The normalized spacial score (nSPS) is 16.7. The lowest BCUT2D eigenvalue weighted by Crippen LogP contribution is -2.23. The Labute approximate surface area is 106 Å². The highest BCUT2D eigenvalue weighted by atomic mass is 15.5. The molecule has 94 valence electrons. The van der Waals surface area contributed by atoms with Crippen molar-refractivity contribution in [2.75, 3.05) is 5.32 Å². The van der Waals surface area contributed by atoms with Crippen molar-refractivity contribution < 1.29 is 0 Å². The quantitative estimate of drug-likeness (QED) is 0.899. The Morgan fingerprint density at radius 2 is 1.94 bits per heavy atom. The van der Waals surface area contributed by atoms with Gasteiger partial charge in [0.25, 0.3) is 0 Å². The SMILES string of the molecule is c1ccc(-n2cnnn2)c(NC2CCCCC2)c1. The summed E-state index contributed by atoms with van der Waals surface area (Å²) in [6.07, 6.45) is 8.15. The molecule has 5 nitrogen and oxygen atoms in total. The van der Waals surface area contributed by atoms with Crippen LogP contribution in [0.4, 0.5) is 5.69 Å². The highest BCUT2D eigenvalue weighted by Gasteiger charge is 2.14. The summed E-state index contributed by atoms with van der Waals surface area (Å²) in [6, 6.07) is 8.74. The number of anilines is 1. The van der Waals surface area contributed by atoms with Gasteiger partial charge in [-0.05, 0) is 35.4 Å². The van der Waals surface area contributed by atoms with Gasteiger partial charge in [0.15, 0.2) is 0 Å². The lowest BCUT2D eigenvalue weighted by atomic mass is 9.95. The van der Waals surface area contributed by atoms with Gasteiger partial charge < -0.3 is 5.32 Å². The monoisotopic (exact) mass is 243 g/mol. The van der Waals surface area contributed by atoms with Gasteiger partial charge >= 0.3 is 0 Å². The van der Waals surface area contributed by atoms with Crippen LogP contribution < -0.4 is 5.32 Å². The molecule has 1 aromatic carbocycles. The van der Waals surface area contributed by atoms with Gasteiger partial charge in [0.05, 0.1) is 11.4 Å². The third-order valence-electron chi connectivity index (χ3n) is 3.46. The van der Waals surface area contributed by atoms with Crippen molar-refractivity contribution in [3.8, 4) is 5.69 Å². The molecule has 2 aromatic rings. The maximum absolute atomic E-state index is 3.96. The molecule has 0 radical (unpaired) electrons. The first-order valence-electron chi connectivity index (χ1n) is 6.52. The molecule has 1 heterocycles. The van der Waals surface area contributed by atoms with E-state index < -0.39 is 0 Å². The standard InChI is InChI=1S/C13H17N5/c1-2-6-11(7-3-1)15-12-8-4-5-9-13(12)18-10-14-16-17-18/h4-5,8-11,15H,1-3,6-7H2. The van der Waals surface area contributed by atoms with Gasteiger partial charge in [-0.3, -0.25) is 0 Å². The third-order valence-corrected chi connectivity index (χ3v) is 3.46. The van der Waals surface area contributed by atoms with Crippen LogP contribution in [-0.4, -0.2) is 26.2 Å².